The third-order valence-corrected chi connectivity index (χ3v) is 2.26. The zero-order chi connectivity index (χ0) is 12.7. The molecule has 0 amide bonds. The molecule has 1 aromatic carbocycles. The summed E-state index contributed by atoms with van der Waals surface area (Å²) in [5, 5.41) is 0. The molecule has 0 heterocycles. The normalized spacial score (nSPS) is 9.94. The Morgan fingerprint density at radius 1 is 1.35 bits per heavy atom. The van der Waals surface area contributed by atoms with Gasteiger partial charge in [0, 0.05) is 6.54 Å². The summed E-state index contributed by atoms with van der Waals surface area (Å²) in [5.74, 6) is 6.73. The van der Waals surface area contributed by atoms with Gasteiger partial charge >= 0.3 is 0 Å². The van der Waals surface area contributed by atoms with Crippen molar-refractivity contribution in [2.75, 3.05) is 33.8 Å². The van der Waals surface area contributed by atoms with Gasteiger partial charge in [0.1, 0.15) is 12.4 Å². The summed E-state index contributed by atoms with van der Waals surface area (Å²) in [4.78, 5) is 2.08. The molecule has 3 nitrogen and oxygen atoms in total. The second-order valence-corrected chi connectivity index (χ2v) is 4.16. The Bertz CT molecular complexity index is 416. The van der Waals surface area contributed by atoms with Crippen LogP contribution in [0, 0.1) is 18.8 Å². The van der Waals surface area contributed by atoms with Gasteiger partial charge in [-0.1, -0.05) is 17.9 Å². The standard InChI is InChI=1S/C14H20N2O/c1-12-6-7-14(17-10-9-16(2)3)13(11-12)5-4-8-15/h6-7,11H,8-10,15H2,1-3H3. The lowest BCUT2D eigenvalue weighted by Crippen LogP contribution is -2.19. The van der Waals surface area contributed by atoms with Gasteiger partial charge in [-0.3, -0.25) is 0 Å². The maximum Gasteiger partial charge on any atom is 0.134 e. The molecule has 2 N–H and O–H groups in total. The largest absolute Gasteiger partial charge is 0.491 e. The van der Waals surface area contributed by atoms with Gasteiger partial charge < -0.3 is 15.4 Å². The van der Waals surface area contributed by atoms with E-state index in [0.29, 0.717) is 13.2 Å². The van der Waals surface area contributed by atoms with Crippen LogP contribution in [-0.4, -0.2) is 38.7 Å². The maximum atomic E-state index is 5.72. The smallest absolute Gasteiger partial charge is 0.134 e. The predicted molar refractivity (Wildman–Crippen MR) is 71.2 cm³/mol. The number of hydrogen-bond donors (Lipinski definition) is 1. The van der Waals surface area contributed by atoms with E-state index in [1.165, 1.54) is 5.56 Å². The van der Waals surface area contributed by atoms with Gasteiger partial charge in [0.05, 0.1) is 12.1 Å². The predicted octanol–water partition coefficient (Wildman–Crippen LogP) is 1.25. The first kappa shape index (κ1) is 13.6. The Kier molecular flexibility index (Phi) is 5.55. The number of likely N-dealkylation sites (N-methyl/N-ethyl adjacent to an activating group) is 1. The van der Waals surface area contributed by atoms with Crippen molar-refractivity contribution in [1.82, 2.24) is 4.90 Å². The van der Waals surface area contributed by atoms with Crippen LogP contribution in [0.3, 0.4) is 0 Å². The summed E-state index contributed by atoms with van der Waals surface area (Å²) in [6.07, 6.45) is 0. The molecule has 0 unspecified atom stereocenters. The first-order valence-corrected chi connectivity index (χ1v) is 5.70. The van der Waals surface area contributed by atoms with Crippen LogP contribution < -0.4 is 10.5 Å². The topological polar surface area (TPSA) is 38.5 Å². The highest BCUT2D eigenvalue weighted by atomic mass is 16.5. The summed E-state index contributed by atoms with van der Waals surface area (Å²) in [7, 11) is 4.04. The van der Waals surface area contributed by atoms with E-state index in [0.717, 1.165) is 17.9 Å². The molecular weight excluding hydrogens is 212 g/mol. The van der Waals surface area contributed by atoms with Gasteiger partial charge in [0.15, 0.2) is 0 Å². The number of nitrogens with two attached hydrogens (primary N) is 1. The Morgan fingerprint density at radius 2 is 2.12 bits per heavy atom. The molecule has 0 aliphatic rings. The summed E-state index contributed by atoms with van der Waals surface area (Å²) < 4.78 is 5.72. The second kappa shape index (κ2) is 6.95. The first-order chi connectivity index (χ1) is 8.13. The van der Waals surface area contributed by atoms with E-state index in [-0.39, 0.29) is 0 Å². The zero-order valence-electron chi connectivity index (χ0n) is 10.8. The molecule has 92 valence electrons. The number of nitrogens with zero attached hydrogens (tertiary/aromatic N) is 1. The van der Waals surface area contributed by atoms with Crippen molar-refractivity contribution >= 4 is 0 Å². The van der Waals surface area contributed by atoms with Gasteiger partial charge in [0.2, 0.25) is 0 Å². The summed E-state index contributed by atoms with van der Waals surface area (Å²) in [5.41, 5.74) is 7.47. The molecule has 0 saturated carbocycles. The van der Waals surface area contributed by atoms with Crippen LogP contribution in [0.15, 0.2) is 18.2 Å². The highest BCUT2D eigenvalue weighted by Crippen LogP contribution is 2.18. The molecule has 0 bridgehead atoms. The SMILES string of the molecule is Cc1ccc(OCCN(C)C)c(C#CCN)c1. The number of benzene rings is 1. The van der Waals surface area contributed by atoms with Gasteiger partial charge in [-0.25, -0.2) is 0 Å². The molecule has 0 aliphatic carbocycles. The van der Waals surface area contributed by atoms with Crippen molar-refractivity contribution in [1.29, 1.82) is 0 Å². The highest BCUT2D eigenvalue weighted by molar-refractivity contribution is 5.48. The fourth-order valence-electron chi connectivity index (χ4n) is 1.35. The minimum atomic E-state index is 0.366. The molecule has 0 fully saturated rings. The number of rotatable bonds is 4. The number of ether oxygens (including phenoxy) is 1. The molecule has 17 heavy (non-hydrogen) atoms. The Hall–Kier alpha value is -1.50. The number of aryl methyl sites for hydroxylation is 1. The molecule has 1 rings (SSSR count). The second-order valence-electron chi connectivity index (χ2n) is 4.16. The van der Waals surface area contributed by atoms with Crippen LogP contribution in [0.4, 0.5) is 0 Å². The van der Waals surface area contributed by atoms with Crippen LogP contribution in [0.2, 0.25) is 0 Å². The third-order valence-electron chi connectivity index (χ3n) is 2.26. The molecule has 0 aromatic heterocycles. The zero-order valence-corrected chi connectivity index (χ0v) is 10.8. The van der Waals surface area contributed by atoms with E-state index in [1.54, 1.807) is 0 Å². The van der Waals surface area contributed by atoms with Gasteiger partial charge in [-0.05, 0) is 38.7 Å². The van der Waals surface area contributed by atoms with Crippen molar-refractivity contribution in [2.24, 2.45) is 5.73 Å². The average molecular weight is 232 g/mol. The molecule has 0 atom stereocenters. The van der Waals surface area contributed by atoms with Crippen molar-refractivity contribution in [3.05, 3.63) is 29.3 Å². The van der Waals surface area contributed by atoms with Crippen molar-refractivity contribution in [3.63, 3.8) is 0 Å². The van der Waals surface area contributed by atoms with E-state index in [9.17, 15) is 0 Å². The fraction of sp³-hybridized carbons (Fsp3) is 0.429. The molecule has 0 spiro atoms. The Balaban J connectivity index is 2.76. The molecule has 0 aliphatic heterocycles. The lowest BCUT2D eigenvalue weighted by Gasteiger charge is -2.12. The summed E-state index contributed by atoms with van der Waals surface area (Å²) in [6, 6.07) is 6.01. The van der Waals surface area contributed by atoms with Crippen LogP contribution in [-0.2, 0) is 0 Å². The van der Waals surface area contributed by atoms with Crippen LogP contribution >= 0.6 is 0 Å². The highest BCUT2D eigenvalue weighted by Gasteiger charge is 2.01. The lowest BCUT2D eigenvalue weighted by molar-refractivity contribution is 0.261. The molecule has 0 saturated heterocycles. The lowest BCUT2D eigenvalue weighted by atomic mass is 10.1. The van der Waals surface area contributed by atoms with E-state index in [4.69, 9.17) is 10.5 Å². The summed E-state index contributed by atoms with van der Waals surface area (Å²) in [6.45, 7) is 3.95. The molecular formula is C14H20N2O. The van der Waals surface area contributed by atoms with Crippen LogP contribution in [0.25, 0.3) is 0 Å². The molecule has 1 aromatic rings. The summed E-state index contributed by atoms with van der Waals surface area (Å²) >= 11 is 0. The van der Waals surface area contributed by atoms with Gasteiger partial charge in [0.25, 0.3) is 0 Å². The first-order valence-electron chi connectivity index (χ1n) is 5.70. The minimum Gasteiger partial charge on any atom is -0.491 e. The minimum absolute atomic E-state index is 0.366. The number of hydrogen-bond acceptors (Lipinski definition) is 3. The quantitative estimate of drug-likeness (QED) is 0.794. The molecule has 3 heteroatoms. The van der Waals surface area contributed by atoms with Gasteiger partial charge in [-0.15, -0.1) is 0 Å². The van der Waals surface area contributed by atoms with Crippen LogP contribution in [0.1, 0.15) is 11.1 Å². The average Bonchev–Trinajstić information content (AvgIpc) is 2.28. The third kappa shape index (κ3) is 4.90. The van der Waals surface area contributed by atoms with Crippen molar-refractivity contribution in [3.8, 4) is 17.6 Å². The maximum absolute atomic E-state index is 5.72. The van der Waals surface area contributed by atoms with E-state index in [2.05, 4.69) is 16.7 Å². The Morgan fingerprint density at radius 3 is 2.76 bits per heavy atom. The molecule has 0 radical (unpaired) electrons. The van der Waals surface area contributed by atoms with E-state index in [1.807, 2.05) is 39.2 Å². The fourth-order valence-corrected chi connectivity index (χ4v) is 1.35. The van der Waals surface area contributed by atoms with Gasteiger partial charge in [-0.2, -0.15) is 0 Å². The van der Waals surface area contributed by atoms with Crippen LogP contribution in [0.5, 0.6) is 5.75 Å². The van der Waals surface area contributed by atoms with E-state index < -0.39 is 0 Å². The van der Waals surface area contributed by atoms with Crippen molar-refractivity contribution < 1.29 is 4.74 Å². The monoisotopic (exact) mass is 232 g/mol. The van der Waals surface area contributed by atoms with E-state index >= 15 is 0 Å². The van der Waals surface area contributed by atoms with Crippen molar-refractivity contribution in [2.45, 2.75) is 6.92 Å². The Labute approximate surface area is 104 Å².